The highest BCUT2D eigenvalue weighted by Crippen LogP contribution is 2.27. The molecule has 2 N–H and O–H groups in total. The van der Waals surface area contributed by atoms with Crippen molar-refractivity contribution in [3.63, 3.8) is 0 Å². The number of carbonyl (C=O) groups is 1. The highest BCUT2D eigenvalue weighted by Gasteiger charge is 2.31. The Morgan fingerprint density at radius 1 is 1.06 bits per heavy atom. The maximum atomic E-state index is 12.9. The average molecular weight is 435 g/mol. The van der Waals surface area contributed by atoms with Gasteiger partial charge in [-0.2, -0.15) is 0 Å². The summed E-state index contributed by atoms with van der Waals surface area (Å²) in [5.41, 5.74) is 1.69. The molecule has 2 fully saturated rings. The lowest BCUT2D eigenvalue weighted by atomic mass is 9.96. The number of anilines is 1. The van der Waals surface area contributed by atoms with Crippen molar-refractivity contribution in [1.82, 2.24) is 24.8 Å². The molecule has 1 atom stereocenters. The van der Waals surface area contributed by atoms with Gasteiger partial charge in [0.2, 0.25) is 5.91 Å². The average Bonchev–Trinajstić information content (AvgIpc) is 3.48. The van der Waals surface area contributed by atoms with Crippen molar-refractivity contribution in [3.05, 3.63) is 36.0 Å². The predicted octanol–water partition coefficient (Wildman–Crippen LogP) is 3.09. The normalized spacial score (nSPS) is 19.7. The lowest BCUT2D eigenvalue weighted by molar-refractivity contribution is -0.134. The van der Waals surface area contributed by atoms with Crippen molar-refractivity contribution in [2.75, 3.05) is 31.1 Å². The van der Waals surface area contributed by atoms with Crippen LogP contribution >= 0.6 is 0 Å². The van der Waals surface area contributed by atoms with Crippen molar-refractivity contribution in [3.8, 4) is 11.5 Å². The van der Waals surface area contributed by atoms with Gasteiger partial charge in [0, 0.05) is 26.2 Å². The van der Waals surface area contributed by atoms with E-state index in [1.807, 2.05) is 29.2 Å². The number of nitrogens with zero attached hydrogens (tertiary/aromatic N) is 5. The summed E-state index contributed by atoms with van der Waals surface area (Å²) in [6.07, 6.45) is 4.18. The molecular formula is C24H30N6O2. The van der Waals surface area contributed by atoms with Crippen molar-refractivity contribution in [2.45, 2.75) is 45.1 Å². The third-order valence-corrected chi connectivity index (χ3v) is 6.46. The van der Waals surface area contributed by atoms with Gasteiger partial charge in [0.05, 0.1) is 17.1 Å². The van der Waals surface area contributed by atoms with E-state index in [-0.39, 0.29) is 5.92 Å². The largest absolute Gasteiger partial charge is 0.384 e. The summed E-state index contributed by atoms with van der Waals surface area (Å²) in [6.45, 7) is 6.84. The van der Waals surface area contributed by atoms with Gasteiger partial charge in [-0.3, -0.25) is 4.79 Å². The van der Waals surface area contributed by atoms with Gasteiger partial charge in [0.15, 0.2) is 11.5 Å². The van der Waals surface area contributed by atoms with E-state index >= 15 is 0 Å². The lowest BCUT2D eigenvalue weighted by Gasteiger charge is -2.34. The van der Waals surface area contributed by atoms with Gasteiger partial charge in [-0.05, 0) is 63.8 Å². The van der Waals surface area contributed by atoms with Crippen LogP contribution in [0.2, 0.25) is 0 Å². The molecule has 1 amide bonds. The first kappa shape index (κ1) is 20.9. The van der Waals surface area contributed by atoms with Gasteiger partial charge in [0.25, 0.3) is 0 Å². The van der Waals surface area contributed by atoms with Crippen molar-refractivity contribution in [1.29, 1.82) is 0 Å². The SMILES string of the molecule is CC(C)(O)c1cccc(-c2nc3nc(N4CCCC(C(=O)N5CCCC5)C4)ccc3[nH]2)n1. The number of imidazole rings is 1. The van der Waals surface area contributed by atoms with Crippen LogP contribution in [0.25, 0.3) is 22.7 Å². The van der Waals surface area contributed by atoms with Crippen LogP contribution in [-0.2, 0) is 10.4 Å². The molecule has 3 aromatic heterocycles. The Bertz CT molecular complexity index is 1130. The summed E-state index contributed by atoms with van der Waals surface area (Å²) in [7, 11) is 0. The highest BCUT2D eigenvalue weighted by molar-refractivity contribution is 5.80. The number of hydrogen-bond acceptors (Lipinski definition) is 6. The number of aromatic amines is 1. The number of aliphatic hydroxyl groups is 1. The summed E-state index contributed by atoms with van der Waals surface area (Å²) in [4.78, 5) is 34.4. The van der Waals surface area contributed by atoms with E-state index in [9.17, 15) is 9.90 Å². The maximum Gasteiger partial charge on any atom is 0.227 e. The summed E-state index contributed by atoms with van der Waals surface area (Å²) in [6, 6.07) is 9.52. The van der Waals surface area contributed by atoms with E-state index in [1.165, 1.54) is 0 Å². The molecule has 2 aliphatic heterocycles. The number of piperidine rings is 1. The number of amides is 1. The van der Waals surface area contributed by atoms with E-state index in [2.05, 4.69) is 19.9 Å². The van der Waals surface area contributed by atoms with Crippen LogP contribution in [0.15, 0.2) is 30.3 Å². The Balaban J connectivity index is 1.38. The minimum Gasteiger partial charge on any atom is -0.384 e. The first-order valence-corrected chi connectivity index (χ1v) is 11.5. The predicted molar refractivity (Wildman–Crippen MR) is 123 cm³/mol. The first-order valence-electron chi connectivity index (χ1n) is 11.5. The van der Waals surface area contributed by atoms with Crippen molar-refractivity contribution >= 4 is 22.9 Å². The maximum absolute atomic E-state index is 12.9. The van der Waals surface area contributed by atoms with Gasteiger partial charge in [-0.15, -0.1) is 0 Å². The van der Waals surface area contributed by atoms with Gasteiger partial charge in [-0.25, -0.2) is 15.0 Å². The molecule has 2 saturated heterocycles. The fourth-order valence-corrected chi connectivity index (χ4v) is 4.67. The zero-order chi connectivity index (χ0) is 22.3. The molecule has 8 heteroatoms. The number of likely N-dealkylation sites (tertiary alicyclic amines) is 1. The van der Waals surface area contributed by atoms with Crippen LogP contribution in [0.4, 0.5) is 5.82 Å². The Morgan fingerprint density at radius 3 is 2.66 bits per heavy atom. The lowest BCUT2D eigenvalue weighted by Crippen LogP contribution is -2.44. The number of nitrogens with one attached hydrogen (secondary N) is 1. The standard InChI is InChI=1S/C24H30N6O2/c1-24(2,32)19-9-5-8-17(25-19)21-26-18-10-11-20(27-22(18)28-21)30-14-6-7-16(15-30)23(31)29-12-3-4-13-29/h5,8-11,16,32H,3-4,6-7,12-15H2,1-2H3,(H,26,27,28). The van der Waals surface area contributed by atoms with E-state index in [4.69, 9.17) is 4.98 Å². The first-order chi connectivity index (χ1) is 15.4. The Labute approximate surface area is 187 Å². The molecule has 2 aliphatic rings. The zero-order valence-corrected chi connectivity index (χ0v) is 18.7. The highest BCUT2D eigenvalue weighted by atomic mass is 16.3. The molecule has 5 rings (SSSR count). The van der Waals surface area contributed by atoms with Crippen LogP contribution in [-0.4, -0.2) is 62.0 Å². The second kappa shape index (κ2) is 8.16. The molecule has 5 heterocycles. The van der Waals surface area contributed by atoms with E-state index in [0.717, 1.165) is 56.7 Å². The Kier molecular flexibility index (Phi) is 5.33. The molecule has 32 heavy (non-hydrogen) atoms. The van der Waals surface area contributed by atoms with Crippen LogP contribution < -0.4 is 4.90 Å². The number of fused-ring (bicyclic) bond motifs is 1. The fourth-order valence-electron chi connectivity index (χ4n) is 4.67. The second-order valence-corrected chi connectivity index (χ2v) is 9.41. The molecule has 8 nitrogen and oxygen atoms in total. The van der Waals surface area contributed by atoms with Crippen LogP contribution in [0, 0.1) is 5.92 Å². The number of rotatable bonds is 4. The molecule has 3 aromatic rings. The summed E-state index contributed by atoms with van der Waals surface area (Å²) < 4.78 is 0. The van der Waals surface area contributed by atoms with Gasteiger partial charge in [-0.1, -0.05) is 6.07 Å². The van der Waals surface area contributed by atoms with Gasteiger partial charge >= 0.3 is 0 Å². The Hall–Kier alpha value is -3.00. The molecule has 0 spiro atoms. The molecular weight excluding hydrogens is 404 g/mol. The minimum absolute atomic E-state index is 0.0443. The third-order valence-electron chi connectivity index (χ3n) is 6.46. The van der Waals surface area contributed by atoms with Crippen LogP contribution in [0.1, 0.15) is 45.2 Å². The summed E-state index contributed by atoms with van der Waals surface area (Å²) in [5, 5.41) is 10.3. The molecule has 0 radical (unpaired) electrons. The second-order valence-electron chi connectivity index (χ2n) is 9.41. The van der Waals surface area contributed by atoms with Crippen LogP contribution in [0.5, 0.6) is 0 Å². The van der Waals surface area contributed by atoms with E-state index in [0.29, 0.717) is 35.3 Å². The molecule has 0 bridgehead atoms. The van der Waals surface area contributed by atoms with Crippen molar-refractivity contribution < 1.29 is 9.90 Å². The number of H-pyrrole nitrogens is 1. The Morgan fingerprint density at radius 2 is 1.88 bits per heavy atom. The van der Waals surface area contributed by atoms with Gasteiger partial charge < -0.3 is 19.9 Å². The minimum atomic E-state index is -1.02. The smallest absolute Gasteiger partial charge is 0.227 e. The quantitative estimate of drug-likeness (QED) is 0.655. The molecule has 1 unspecified atom stereocenters. The van der Waals surface area contributed by atoms with Gasteiger partial charge in [0.1, 0.15) is 17.1 Å². The third kappa shape index (κ3) is 4.07. The molecule has 0 saturated carbocycles. The topological polar surface area (TPSA) is 98.2 Å². The molecule has 0 aromatic carbocycles. The summed E-state index contributed by atoms with van der Waals surface area (Å²) in [5.74, 6) is 1.82. The molecule has 168 valence electrons. The number of aromatic nitrogens is 4. The van der Waals surface area contributed by atoms with Crippen LogP contribution in [0.3, 0.4) is 0 Å². The zero-order valence-electron chi connectivity index (χ0n) is 18.7. The number of carbonyl (C=O) groups excluding carboxylic acids is 1. The molecule has 0 aliphatic carbocycles. The summed E-state index contributed by atoms with van der Waals surface area (Å²) >= 11 is 0. The fraction of sp³-hybridized carbons (Fsp3) is 0.500. The van der Waals surface area contributed by atoms with Crippen molar-refractivity contribution in [2.24, 2.45) is 5.92 Å². The van der Waals surface area contributed by atoms with E-state index < -0.39 is 5.60 Å². The number of hydrogen-bond donors (Lipinski definition) is 2. The number of pyridine rings is 2. The monoisotopic (exact) mass is 434 g/mol. The van der Waals surface area contributed by atoms with E-state index in [1.54, 1.807) is 19.9 Å².